The van der Waals surface area contributed by atoms with Gasteiger partial charge in [-0.1, -0.05) is 33.6 Å². The summed E-state index contributed by atoms with van der Waals surface area (Å²) in [5.74, 6) is 1.74. The SMILES string of the molecule is CC(C)(C)C(=O)NC1CC(CC2CC2)CN(CCO)C1. The summed E-state index contributed by atoms with van der Waals surface area (Å²) in [5.41, 5.74) is -0.328. The van der Waals surface area contributed by atoms with E-state index in [-0.39, 0.29) is 24.0 Å². The number of hydrogen-bond acceptors (Lipinski definition) is 3. The number of likely N-dealkylation sites (tertiary alicyclic amines) is 1. The van der Waals surface area contributed by atoms with Gasteiger partial charge in [0.2, 0.25) is 5.91 Å². The number of nitrogens with zero attached hydrogens (tertiary/aromatic N) is 1. The van der Waals surface area contributed by atoms with E-state index in [1.807, 2.05) is 20.8 Å². The molecule has 2 atom stereocenters. The molecule has 116 valence electrons. The summed E-state index contributed by atoms with van der Waals surface area (Å²) >= 11 is 0. The summed E-state index contributed by atoms with van der Waals surface area (Å²) in [6.07, 6.45) is 5.16. The first-order chi connectivity index (χ1) is 9.38. The zero-order valence-corrected chi connectivity index (χ0v) is 13.2. The van der Waals surface area contributed by atoms with E-state index in [0.717, 1.165) is 32.0 Å². The van der Waals surface area contributed by atoms with Crippen molar-refractivity contribution in [1.82, 2.24) is 10.2 Å². The number of aliphatic hydroxyl groups excluding tert-OH is 1. The summed E-state index contributed by atoms with van der Waals surface area (Å²) in [6, 6.07) is 0.241. The van der Waals surface area contributed by atoms with Crippen LogP contribution < -0.4 is 5.32 Å². The van der Waals surface area contributed by atoms with Crippen molar-refractivity contribution in [3.63, 3.8) is 0 Å². The van der Waals surface area contributed by atoms with Gasteiger partial charge in [-0.05, 0) is 24.7 Å². The molecule has 2 aliphatic rings. The van der Waals surface area contributed by atoms with Crippen LogP contribution in [-0.2, 0) is 4.79 Å². The molecule has 1 amide bonds. The molecular weight excluding hydrogens is 252 g/mol. The third-order valence-electron chi connectivity index (χ3n) is 4.41. The fourth-order valence-electron chi connectivity index (χ4n) is 3.13. The Kier molecular flexibility index (Phi) is 5.08. The average molecular weight is 282 g/mol. The fourth-order valence-corrected chi connectivity index (χ4v) is 3.13. The topological polar surface area (TPSA) is 52.6 Å². The molecule has 0 radical (unpaired) electrons. The zero-order valence-electron chi connectivity index (χ0n) is 13.2. The Balaban J connectivity index is 1.90. The van der Waals surface area contributed by atoms with Gasteiger partial charge in [0.15, 0.2) is 0 Å². The molecule has 4 nitrogen and oxygen atoms in total. The summed E-state index contributed by atoms with van der Waals surface area (Å²) in [5, 5.41) is 12.4. The van der Waals surface area contributed by atoms with Gasteiger partial charge in [-0.15, -0.1) is 0 Å². The highest BCUT2D eigenvalue weighted by Gasteiger charge is 2.33. The van der Waals surface area contributed by atoms with Crippen molar-refractivity contribution < 1.29 is 9.90 Å². The van der Waals surface area contributed by atoms with E-state index in [0.29, 0.717) is 5.92 Å². The average Bonchev–Trinajstić information content (AvgIpc) is 3.11. The van der Waals surface area contributed by atoms with E-state index < -0.39 is 0 Å². The third-order valence-corrected chi connectivity index (χ3v) is 4.41. The molecule has 2 N–H and O–H groups in total. The molecule has 0 aromatic rings. The van der Waals surface area contributed by atoms with Crippen molar-refractivity contribution in [2.45, 2.75) is 52.5 Å². The number of aliphatic hydroxyl groups is 1. The number of β-amino-alcohol motifs (C(OH)–C–C–N with tert-alkyl or cyclic N) is 1. The molecule has 1 heterocycles. The zero-order chi connectivity index (χ0) is 14.8. The lowest BCUT2D eigenvalue weighted by molar-refractivity contribution is -0.129. The van der Waals surface area contributed by atoms with Crippen molar-refractivity contribution in [2.75, 3.05) is 26.2 Å². The predicted molar refractivity (Wildman–Crippen MR) is 80.4 cm³/mol. The van der Waals surface area contributed by atoms with Crippen LogP contribution in [0, 0.1) is 17.3 Å². The second kappa shape index (κ2) is 6.44. The van der Waals surface area contributed by atoms with Crippen LogP contribution in [0.4, 0.5) is 0 Å². The number of nitrogens with one attached hydrogen (secondary N) is 1. The van der Waals surface area contributed by atoms with Crippen LogP contribution in [0.25, 0.3) is 0 Å². The summed E-state index contributed by atoms with van der Waals surface area (Å²) in [4.78, 5) is 14.5. The normalized spacial score (nSPS) is 28.4. The van der Waals surface area contributed by atoms with E-state index in [1.54, 1.807) is 0 Å². The van der Waals surface area contributed by atoms with Crippen LogP contribution in [0.3, 0.4) is 0 Å². The van der Waals surface area contributed by atoms with Crippen LogP contribution in [-0.4, -0.2) is 48.2 Å². The van der Waals surface area contributed by atoms with Crippen molar-refractivity contribution in [3.05, 3.63) is 0 Å². The van der Waals surface area contributed by atoms with Crippen molar-refractivity contribution in [3.8, 4) is 0 Å². The molecule has 1 aliphatic heterocycles. The van der Waals surface area contributed by atoms with Crippen molar-refractivity contribution >= 4 is 5.91 Å². The van der Waals surface area contributed by atoms with E-state index >= 15 is 0 Å². The maximum atomic E-state index is 12.2. The lowest BCUT2D eigenvalue weighted by Crippen LogP contribution is -2.53. The first kappa shape index (κ1) is 15.8. The van der Waals surface area contributed by atoms with Gasteiger partial charge in [0.05, 0.1) is 6.61 Å². The Morgan fingerprint density at radius 1 is 1.25 bits per heavy atom. The molecule has 2 fully saturated rings. The Morgan fingerprint density at radius 3 is 2.50 bits per heavy atom. The molecular formula is C16H30N2O2. The number of hydrogen-bond donors (Lipinski definition) is 2. The Morgan fingerprint density at radius 2 is 1.95 bits per heavy atom. The molecule has 1 aliphatic carbocycles. The standard InChI is InChI=1S/C16H30N2O2/c1-16(2,3)15(20)17-14-9-13(8-12-4-5-12)10-18(11-14)6-7-19/h12-14,19H,4-11H2,1-3H3,(H,17,20). The quantitative estimate of drug-likeness (QED) is 0.806. The maximum absolute atomic E-state index is 12.2. The molecule has 0 aromatic carbocycles. The van der Waals surface area contributed by atoms with Crippen LogP contribution in [0.2, 0.25) is 0 Å². The van der Waals surface area contributed by atoms with Gasteiger partial charge in [0, 0.05) is 31.1 Å². The monoisotopic (exact) mass is 282 g/mol. The maximum Gasteiger partial charge on any atom is 0.225 e. The van der Waals surface area contributed by atoms with Crippen LogP contribution in [0.15, 0.2) is 0 Å². The predicted octanol–water partition coefficient (Wildman–Crippen LogP) is 1.63. The highest BCUT2D eigenvalue weighted by Crippen LogP contribution is 2.37. The number of carbonyl (C=O) groups is 1. The van der Waals surface area contributed by atoms with E-state index in [9.17, 15) is 4.79 Å². The molecule has 2 unspecified atom stereocenters. The van der Waals surface area contributed by atoms with Crippen molar-refractivity contribution in [2.24, 2.45) is 17.3 Å². The molecule has 0 bridgehead atoms. The van der Waals surface area contributed by atoms with Gasteiger partial charge in [-0.25, -0.2) is 0 Å². The Labute approximate surface area is 122 Å². The third kappa shape index (κ3) is 4.74. The Hall–Kier alpha value is -0.610. The molecule has 1 saturated carbocycles. The lowest BCUT2D eigenvalue weighted by atomic mass is 9.88. The second-order valence-corrected chi connectivity index (χ2v) is 7.68. The van der Waals surface area contributed by atoms with E-state index in [4.69, 9.17) is 5.11 Å². The number of carbonyl (C=O) groups excluding carboxylic acids is 1. The minimum absolute atomic E-state index is 0.138. The summed E-state index contributed by atoms with van der Waals surface area (Å²) in [7, 11) is 0. The second-order valence-electron chi connectivity index (χ2n) is 7.68. The lowest BCUT2D eigenvalue weighted by Gasteiger charge is -2.39. The largest absolute Gasteiger partial charge is 0.395 e. The van der Waals surface area contributed by atoms with Crippen LogP contribution in [0.5, 0.6) is 0 Å². The summed E-state index contributed by atoms with van der Waals surface area (Å²) < 4.78 is 0. The highest BCUT2D eigenvalue weighted by molar-refractivity contribution is 5.81. The van der Waals surface area contributed by atoms with E-state index in [2.05, 4.69) is 10.2 Å². The van der Waals surface area contributed by atoms with Crippen LogP contribution in [0.1, 0.15) is 46.5 Å². The molecule has 4 heteroatoms. The van der Waals surface area contributed by atoms with Gasteiger partial charge in [0.25, 0.3) is 0 Å². The summed E-state index contributed by atoms with van der Waals surface area (Å²) in [6.45, 7) is 8.76. The van der Waals surface area contributed by atoms with Crippen molar-refractivity contribution in [1.29, 1.82) is 0 Å². The van der Waals surface area contributed by atoms with Gasteiger partial charge < -0.3 is 10.4 Å². The van der Waals surface area contributed by atoms with Crippen LogP contribution >= 0.6 is 0 Å². The van der Waals surface area contributed by atoms with Gasteiger partial charge in [0.1, 0.15) is 0 Å². The minimum atomic E-state index is -0.328. The fraction of sp³-hybridized carbons (Fsp3) is 0.938. The molecule has 1 saturated heterocycles. The smallest absolute Gasteiger partial charge is 0.225 e. The van der Waals surface area contributed by atoms with Gasteiger partial charge in [-0.2, -0.15) is 0 Å². The highest BCUT2D eigenvalue weighted by atomic mass is 16.3. The van der Waals surface area contributed by atoms with Gasteiger partial charge in [-0.3, -0.25) is 9.69 Å². The first-order valence-electron chi connectivity index (χ1n) is 8.02. The number of amides is 1. The molecule has 20 heavy (non-hydrogen) atoms. The minimum Gasteiger partial charge on any atom is -0.395 e. The molecule has 0 aromatic heterocycles. The number of rotatable bonds is 5. The molecule has 0 spiro atoms. The first-order valence-corrected chi connectivity index (χ1v) is 8.02. The Bertz CT molecular complexity index is 334. The van der Waals surface area contributed by atoms with Gasteiger partial charge >= 0.3 is 0 Å². The van der Waals surface area contributed by atoms with E-state index in [1.165, 1.54) is 19.3 Å². The molecule has 2 rings (SSSR count). The number of piperidine rings is 1.